The van der Waals surface area contributed by atoms with Crippen LogP contribution in [0.1, 0.15) is 40.0 Å². The van der Waals surface area contributed by atoms with Crippen LogP contribution < -0.4 is 5.32 Å². The number of carboxylic acids is 1. The van der Waals surface area contributed by atoms with E-state index in [2.05, 4.69) is 10.1 Å². The van der Waals surface area contributed by atoms with Crippen LogP contribution in [0.4, 0.5) is 0 Å². The Kier molecular flexibility index (Phi) is 6.80. The first-order chi connectivity index (χ1) is 7.85. The second-order valence-electron chi connectivity index (χ2n) is 4.76. The van der Waals surface area contributed by atoms with Crippen LogP contribution >= 0.6 is 0 Å². The van der Waals surface area contributed by atoms with Gasteiger partial charge in [-0.3, -0.25) is 9.59 Å². The van der Waals surface area contributed by atoms with Gasteiger partial charge in [-0.25, -0.2) is 0 Å². The number of carbonyl (C=O) groups is 2. The maximum Gasteiger partial charge on any atom is 0.320 e. The Morgan fingerprint density at radius 3 is 2.41 bits per heavy atom. The Morgan fingerprint density at radius 2 is 2.00 bits per heavy atom. The van der Waals surface area contributed by atoms with Gasteiger partial charge in [0.15, 0.2) is 0 Å². The second-order valence-corrected chi connectivity index (χ2v) is 4.76. The van der Waals surface area contributed by atoms with Gasteiger partial charge in [0.05, 0.1) is 12.5 Å². The third-order valence-electron chi connectivity index (χ3n) is 2.75. The van der Waals surface area contributed by atoms with Gasteiger partial charge in [0.25, 0.3) is 0 Å². The summed E-state index contributed by atoms with van der Waals surface area (Å²) in [6.45, 7) is 6.00. The van der Waals surface area contributed by atoms with Crippen LogP contribution in [0.5, 0.6) is 0 Å². The SMILES string of the molecule is CCCC(NCCC(C)(C)C(=O)OC)C(=O)O. The lowest BCUT2D eigenvalue weighted by Crippen LogP contribution is -2.39. The molecule has 0 saturated carbocycles. The van der Waals surface area contributed by atoms with E-state index in [1.165, 1.54) is 7.11 Å². The van der Waals surface area contributed by atoms with Gasteiger partial charge in [0.2, 0.25) is 0 Å². The zero-order chi connectivity index (χ0) is 13.5. The second kappa shape index (κ2) is 7.27. The Hall–Kier alpha value is -1.10. The van der Waals surface area contributed by atoms with Crippen LogP contribution in [-0.4, -0.2) is 36.7 Å². The van der Waals surface area contributed by atoms with E-state index >= 15 is 0 Å². The highest BCUT2D eigenvalue weighted by atomic mass is 16.5. The molecule has 0 aliphatic heterocycles. The maximum atomic E-state index is 11.4. The minimum Gasteiger partial charge on any atom is -0.480 e. The highest BCUT2D eigenvalue weighted by molar-refractivity contribution is 5.75. The number of hydrogen-bond donors (Lipinski definition) is 2. The molecule has 100 valence electrons. The molecule has 5 heteroatoms. The van der Waals surface area contributed by atoms with E-state index in [0.717, 1.165) is 6.42 Å². The molecule has 0 heterocycles. The standard InChI is InChI=1S/C12H23NO4/c1-5-6-9(10(14)15)13-8-7-12(2,3)11(16)17-4/h9,13H,5-8H2,1-4H3,(H,14,15). The Balaban J connectivity index is 4.11. The molecule has 0 fully saturated rings. The summed E-state index contributed by atoms with van der Waals surface area (Å²) in [5.41, 5.74) is -0.586. The molecule has 0 bridgehead atoms. The molecule has 1 atom stereocenters. The number of esters is 1. The fourth-order valence-corrected chi connectivity index (χ4v) is 1.54. The summed E-state index contributed by atoms with van der Waals surface area (Å²) >= 11 is 0. The zero-order valence-electron chi connectivity index (χ0n) is 11.1. The van der Waals surface area contributed by atoms with E-state index in [1.54, 1.807) is 13.8 Å². The van der Waals surface area contributed by atoms with Crippen LogP contribution in [0.15, 0.2) is 0 Å². The number of rotatable bonds is 8. The lowest BCUT2D eigenvalue weighted by molar-refractivity contribution is -0.151. The van der Waals surface area contributed by atoms with Gasteiger partial charge in [-0.05, 0) is 33.2 Å². The van der Waals surface area contributed by atoms with Gasteiger partial charge in [-0.15, -0.1) is 0 Å². The van der Waals surface area contributed by atoms with E-state index in [4.69, 9.17) is 5.11 Å². The van der Waals surface area contributed by atoms with Crippen molar-refractivity contribution in [2.75, 3.05) is 13.7 Å². The van der Waals surface area contributed by atoms with Crippen LogP contribution in [0.25, 0.3) is 0 Å². The number of hydrogen-bond acceptors (Lipinski definition) is 4. The first-order valence-electron chi connectivity index (χ1n) is 5.89. The molecule has 0 rings (SSSR count). The van der Waals surface area contributed by atoms with Crippen molar-refractivity contribution in [2.24, 2.45) is 5.41 Å². The molecule has 0 aromatic heterocycles. The van der Waals surface area contributed by atoms with Crippen LogP contribution in [0.3, 0.4) is 0 Å². The summed E-state index contributed by atoms with van der Waals surface area (Å²) in [7, 11) is 1.36. The predicted octanol–water partition coefficient (Wildman–Crippen LogP) is 1.42. The molecule has 0 aliphatic carbocycles. The molecule has 0 saturated heterocycles. The number of ether oxygens (including phenoxy) is 1. The van der Waals surface area contributed by atoms with Crippen LogP contribution in [-0.2, 0) is 14.3 Å². The molecule has 1 unspecified atom stereocenters. The van der Waals surface area contributed by atoms with Gasteiger partial charge in [0, 0.05) is 0 Å². The van der Waals surface area contributed by atoms with Gasteiger partial charge in [-0.1, -0.05) is 13.3 Å². The number of carbonyl (C=O) groups excluding carboxylic acids is 1. The van der Waals surface area contributed by atoms with Crippen molar-refractivity contribution >= 4 is 11.9 Å². The summed E-state index contributed by atoms with van der Waals surface area (Å²) in [6.07, 6.45) is 1.95. The van der Waals surface area contributed by atoms with Gasteiger partial charge < -0.3 is 15.2 Å². The molecular formula is C12H23NO4. The summed E-state index contributed by atoms with van der Waals surface area (Å²) in [6, 6.07) is -0.534. The molecule has 2 N–H and O–H groups in total. The lowest BCUT2D eigenvalue weighted by atomic mass is 9.89. The van der Waals surface area contributed by atoms with Gasteiger partial charge >= 0.3 is 11.9 Å². The van der Waals surface area contributed by atoms with E-state index < -0.39 is 17.4 Å². The van der Waals surface area contributed by atoms with E-state index in [0.29, 0.717) is 19.4 Å². The molecule has 0 amide bonds. The monoisotopic (exact) mass is 245 g/mol. The summed E-state index contributed by atoms with van der Waals surface area (Å²) in [4.78, 5) is 22.3. The highest BCUT2D eigenvalue weighted by Gasteiger charge is 2.28. The largest absolute Gasteiger partial charge is 0.480 e. The third kappa shape index (κ3) is 5.68. The highest BCUT2D eigenvalue weighted by Crippen LogP contribution is 2.21. The summed E-state index contributed by atoms with van der Waals surface area (Å²) in [5, 5.41) is 11.9. The van der Waals surface area contributed by atoms with Crippen molar-refractivity contribution in [1.29, 1.82) is 0 Å². The quantitative estimate of drug-likeness (QED) is 0.632. The van der Waals surface area contributed by atoms with Crippen molar-refractivity contribution in [3.8, 4) is 0 Å². The number of nitrogens with one attached hydrogen (secondary N) is 1. The van der Waals surface area contributed by atoms with Crippen molar-refractivity contribution in [3.05, 3.63) is 0 Å². The first-order valence-corrected chi connectivity index (χ1v) is 5.89. The topological polar surface area (TPSA) is 75.6 Å². The molecule has 0 radical (unpaired) electrons. The molecule has 5 nitrogen and oxygen atoms in total. The summed E-state index contributed by atoms with van der Waals surface area (Å²) < 4.78 is 4.68. The molecule has 17 heavy (non-hydrogen) atoms. The van der Waals surface area contributed by atoms with Gasteiger partial charge in [-0.2, -0.15) is 0 Å². The summed E-state index contributed by atoms with van der Waals surface area (Å²) in [5.74, 6) is -1.12. The number of carboxylic acid groups (broad SMARTS) is 1. The zero-order valence-corrected chi connectivity index (χ0v) is 11.1. The Bertz CT molecular complexity index is 263. The predicted molar refractivity (Wildman–Crippen MR) is 64.7 cm³/mol. The van der Waals surface area contributed by atoms with E-state index in [1.807, 2.05) is 6.92 Å². The van der Waals surface area contributed by atoms with Crippen LogP contribution in [0.2, 0.25) is 0 Å². The third-order valence-corrected chi connectivity index (χ3v) is 2.75. The molecule has 0 aromatic carbocycles. The average Bonchev–Trinajstić information content (AvgIpc) is 2.26. The maximum absolute atomic E-state index is 11.4. The first kappa shape index (κ1) is 15.9. The smallest absolute Gasteiger partial charge is 0.320 e. The Labute approximate surface area is 103 Å². The van der Waals surface area contributed by atoms with Crippen LogP contribution in [0, 0.1) is 5.41 Å². The lowest BCUT2D eigenvalue weighted by Gasteiger charge is -2.22. The minimum atomic E-state index is -0.845. The van der Waals surface area contributed by atoms with E-state index in [-0.39, 0.29) is 5.97 Å². The Morgan fingerprint density at radius 1 is 1.41 bits per heavy atom. The van der Waals surface area contributed by atoms with Crippen molar-refractivity contribution in [3.63, 3.8) is 0 Å². The normalized spacial score (nSPS) is 13.2. The fraction of sp³-hybridized carbons (Fsp3) is 0.833. The van der Waals surface area contributed by atoms with Crippen molar-refractivity contribution in [1.82, 2.24) is 5.32 Å². The number of aliphatic carboxylic acids is 1. The van der Waals surface area contributed by atoms with Gasteiger partial charge in [0.1, 0.15) is 6.04 Å². The molecule has 0 aromatic rings. The van der Waals surface area contributed by atoms with E-state index in [9.17, 15) is 9.59 Å². The average molecular weight is 245 g/mol. The fourth-order valence-electron chi connectivity index (χ4n) is 1.54. The minimum absolute atomic E-state index is 0.276. The number of methoxy groups -OCH3 is 1. The van der Waals surface area contributed by atoms with Crippen molar-refractivity contribution in [2.45, 2.75) is 46.1 Å². The molecule has 0 aliphatic rings. The molecular weight excluding hydrogens is 222 g/mol. The molecule has 0 spiro atoms. The van der Waals surface area contributed by atoms with Crippen molar-refractivity contribution < 1.29 is 19.4 Å².